The fourth-order valence-electron chi connectivity index (χ4n) is 1.00. The fourth-order valence-corrected chi connectivity index (χ4v) is 1.00. The van der Waals surface area contributed by atoms with Gasteiger partial charge in [-0.25, -0.2) is 4.98 Å². The maximum Gasteiger partial charge on any atom is 0.152 e. The molecule has 0 aromatic carbocycles. The summed E-state index contributed by atoms with van der Waals surface area (Å²) in [5.41, 5.74) is 8.88. The smallest absolute Gasteiger partial charge is 0.152 e. The number of oxime groups is 1. The van der Waals surface area contributed by atoms with E-state index in [4.69, 9.17) is 10.7 Å². The standard InChI is InChI=1S/C7H10N6O/c8-13-10-3-1-2-6-4-9-7(12-6)5-11-14/h4-5,14H,1-3H2,(H,9,12). The zero-order valence-corrected chi connectivity index (χ0v) is 7.46. The van der Waals surface area contributed by atoms with E-state index in [0.29, 0.717) is 12.4 Å². The average Bonchev–Trinajstić information content (AvgIpc) is 2.61. The molecule has 74 valence electrons. The lowest BCUT2D eigenvalue weighted by Crippen LogP contribution is -1.89. The molecule has 0 amide bonds. The Morgan fingerprint density at radius 1 is 1.71 bits per heavy atom. The van der Waals surface area contributed by atoms with E-state index in [2.05, 4.69) is 25.1 Å². The number of hydrogen-bond donors (Lipinski definition) is 2. The van der Waals surface area contributed by atoms with Gasteiger partial charge in [0, 0.05) is 17.7 Å². The molecule has 0 aliphatic heterocycles. The van der Waals surface area contributed by atoms with Crippen molar-refractivity contribution in [3.8, 4) is 0 Å². The number of imidazole rings is 1. The Morgan fingerprint density at radius 3 is 3.29 bits per heavy atom. The van der Waals surface area contributed by atoms with Gasteiger partial charge in [-0.2, -0.15) is 0 Å². The molecule has 14 heavy (non-hydrogen) atoms. The molecule has 0 saturated heterocycles. The molecule has 0 bridgehead atoms. The van der Waals surface area contributed by atoms with Gasteiger partial charge in [-0.05, 0) is 18.4 Å². The zero-order chi connectivity index (χ0) is 10.2. The first-order valence-corrected chi connectivity index (χ1v) is 4.09. The van der Waals surface area contributed by atoms with Crippen molar-refractivity contribution in [1.29, 1.82) is 0 Å². The Hall–Kier alpha value is -2.01. The molecule has 1 heterocycles. The minimum atomic E-state index is 0.465. The van der Waals surface area contributed by atoms with Gasteiger partial charge in [0.25, 0.3) is 0 Å². The average molecular weight is 194 g/mol. The number of nitrogens with one attached hydrogen (secondary N) is 1. The molecule has 0 atom stereocenters. The van der Waals surface area contributed by atoms with E-state index in [1.165, 1.54) is 6.21 Å². The molecular weight excluding hydrogens is 184 g/mol. The van der Waals surface area contributed by atoms with Crippen molar-refractivity contribution in [2.24, 2.45) is 10.3 Å². The minimum Gasteiger partial charge on any atom is -0.411 e. The Labute approximate surface area is 80.1 Å². The minimum absolute atomic E-state index is 0.465. The number of azide groups is 1. The molecule has 7 nitrogen and oxygen atoms in total. The summed E-state index contributed by atoms with van der Waals surface area (Å²) in [6.45, 7) is 0.465. The normalized spacial score (nSPS) is 10.3. The number of nitrogens with zero attached hydrogens (tertiary/aromatic N) is 5. The highest BCUT2D eigenvalue weighted by atomic mass is 16.4. The first-order chi connectivity index (χ1) is 6.86. The van der Waals surface area contributed by atoms with Crippen LogP contribution >= 0.6 is 0 Å². The number of H-pyrrole nitrogens is 1. The van der Waals surface area contributed by atoms with Crippen molar-refractivity contribution < 1.29 is 5.21 Å². The van der Waals surface area contributed by atoms with Gasteiger partial charge < -0.3 is 10.2 Å². The third kappa shape index (κ3) is 3.16. The molecule has 7 heteroatoms. The Balaban J connectivity index is 2.39. The molecule has 0 spiro atoms. The highest BCUT2D eigenvalue weighted by molar-refractivity contribution is 5.73. The Morgan fingerprint density at radius 2 is 2.57 bits per heavy atom. The maximum absolute atomic E-state index is 8.23. The highest BCUT2D eigenvalue weighted by Crippen LogP contribution is 1.99. The number of rotatable bonds is 5. The van der Waals surface area contributed by atoms with Crippen LogP contribution in [0.15, 0.2) is 16.5 Å². The maximum atomic E-state index is 8.23. The van der Waals surface area contributed by atoms with E-state index in [1.807, 2.05) is 0 Å². The third-order valence-electron chi connectivity index (χ3n) is 1.59. The predicted molar refractivity (Wildman–Crippen MR) is 50.3 cm³/mol. The molecule has 0 aliphatic carbocycles. The molecule has 1 rings (SSSR count). The summed E-state index contributed by atoms with van der Waals surface area (Å²) in [6, 6.07) is 0. The predicted octanol–water partition coefficient (Wildman–Crippen LogP) is 1.46. The van der Waals surface area contributed by atoms with Crippen LogP contribution in [0, 0.1) is 0 Å². The molecule has 0 saturated carbocycles. The summed E-state index contributed by atoms with van der Waals surface area (Å²) >= 11 is 0. The molecule has 1 aromatic heterocycles. The van der Waals surface area contributed by atoms with E-state index in [0.717, 1.165) is 18.5 Å². The van der Waals surface area contributed by atoms with Gasteiger partial charge >= 0.3 is 0 Å². The van der Waals surface area contributed by atoms with Crippen molar-refractivity contribution in [3.63, 3.8) is 0 Å². The molecule has 0 aliphatic rings. The number of aromatic amines is 1. The van der Waals surface area contributed by atoms with Crippen molar-refractivity contribution in [1.82, 2.24) is 9.97 Å². The van der Waals surface area contributed by atoms with Crippen LogP contribution in [-0.4, -0.2) is 27.9 Å². The van der Waals surface area contributed by atoms with E-state index < -0.39 is 0 Å². The summed E-state index contributed by atoms with van der Waals surface area (Å²) in [6.07, 6.45) is 4.43. The van der Waals surface area contributed by atoms with E-state index >= 15 is 0 Å². The van der Waals surface area contributed by atoms with Gasteiger partial charge in [-0.3, -0.25) is 0 Å². The van der Waals surface area contributed by atoms with Gasteiger partial charge in [0.15, 0.2) is 5.82 Å². The largest absolute Gasteiger partial charge is 0.411 e. The van der Waals surface area contributed by atoms with Gasteiger partial charge in [0.2, 0.25) is 0 Å². The zero-order valence-electron chi connectivity index (χ0n) is 7.46. The van der Waals surface area contributed by atoms with Crippen LogP contribution in [0.25, 0.3) is 10.4 Å². The van der Waals surface area contributed by atoms with Crippen molar-refractivity contribution in [2.45, 2.75) is 12.8 Å². The first-order valence-electron chi connectivity index (χ1n) is 4.09. The monoisotopic (exact) mass is 194 g/mol. The third-order valence-corrected chi connectivity index (χ3v) is 1.59. The van der Waals surface area contributed by atoms with Crippen LogP contribution in [0.1, 0.15) is 17.9 Å². The quantitative estimate of drug-likeness (QED) is 0.141. The topological polar surface area (TPSA) is 110 Å². The molecule has 2 N–H and O–H groups in total. The summed E-state index contributed by atoms with van der Waals surface area (Å²) in [7, 11) is 0. The highest BCUT2D eigenvalue weighted by Gasteiger charge is 1.98. The van der Waals surface area contributed by atoms with E-state index in [1.54, 1.807) is 6.20 Å². The van der Waals surface area contributed by atoms with Gasteiger partial charge in [-0.15, -0.1) is 0 Å². The van der Waals surface area contributed by atoms with E-state index in [9.17, 15) is 0 Å². The van der Waals surface area contributed by atoms with E-state index in [-0.39, 0.29) is 0 Å². The second-order valence-corrected chi connectivity index (χ2v) is 2.58. The summed E-state index contributed by atoms with van der Waals surface area (Å²) < 4.78 is 0. The summed E-state index contributed by atoms with van der Waals surface area (Å²) in [5.74, 6) is 0.506. The second kappa shape index (κ2) is 5.60. The van der Waals surface area contributed by atoms with Crippen molar-refractivity contribution in [2.75, 3.05) is 6.54 Å². The number of hydrogen-bond acceptors (Lipinski definition) is 4. The summed E-state index contributed by atoms with van der Waals surface area (Å²) in [4.78, 5) is 9.57. The number of aromatic nitrogens is 2. The second-order valence-electron chi connectivity index (χ2n) is 2.58. The Kier molecular flexibility index (Phi) is 4.03. The number of aryl methyl sites for hydroxylation is 1. The lowest BCUT2D eigenvalue weighted by molar-refractivity contribution is 0.321. The Bertz CT molecular complexity index is 351. The molecule has 0 fully saturated rings. The molecule has 1 aromatic rings. The van der Waals surface area contributed by atoms with Crippen LogP contribution in [0.2, 0.25) is 0 Å². The lowest BCUT2D eigenvalue weighted by Gasteiger charge is -1.90. The van der Waals surface area contributed by atoms with Gasteiger partial charge in [-0.1, -0.05) is 10.3 Å². The summed E-state index contributed by atoms with van der Waals surface area (Å²) in [5, 5.41) is 14.5. The van der Waals surface area contributed by atoms with Crippen LogP contribution < -0.4 is 0 Å². The SMILES string of the molecule is [N-]=[N+]=NCCCc1c[nH]c(C=NO)n1. The van der Waals surface area contributed by atoms with Crippen LogP contribution in [-0.2, 0) is 6.42 Å². The first kappa shape index (κ1) is 10.1. The fraction of sp³-hybridized carbons (Fsp3) is 0.429. The van der Waals surface area contributed by atoms with Crippen LogP contribution in [0.3, 0.4) is 0 Å². The lowest BCUT2D eigenvalue weighted by atomic mass is 10.2. The van der Waals surface area contributed by atoms with Crippen LogP contribution in [0.4, 0.5) is 0 Å². The van der Waals surface area contributed by atoms with Gasteiger partial charge in [0.1, 0.15) is 6.21 Å². The van der Waals surface area contributed by atoms with Crippen molar-refractivity contribution >= 4 is 6.21 Å². The molecular formula is C7H10N6O. The van der Waals surface area contributed by atoms with Crippen LogP contribution in [0.5, 0.6) is 0 Å². The van der Waals surface area contributed by atoms with Crippen molar-refractivity contribution in [3.05, 3.63) is 28.2 Å². The van der Waals surface area contributed by atoms with Gasteiger partial charge in [0.05, 0.1) is 5.69 Å². The molecule has 0 radical (unpaired) electrons. The molecule has 0 unspecified atom stereocenters.